The number of rotatable bonds is 14. The summed E-state index contributed by atoms with van der Waals surface area (Å²) in [6.07, 6.45) is 15.9. The summed E-state index contributed by atoms with van der Waals surface area (Å²) in [5.41, 5.74) is 4.54. The third-order valence-corrected chi connectivity index (χ3v) is 7.47. The Morgan fingerprint density at radius 2 is 1.45 bits per heavy atom. The lowest BCUT2D eigenvalue weighted by Crippen LogP contribution is -2.54. The molecule has 0 saturated carbocycles. The fraction of sp³-hybridized carbons (Fsp3) is 0.467. The first kappa shape index (κ1) is 27.5. The van der Waals surface area contributed by atoms with Gasteiger partial charge in [-0.2, -0.15) is 0 Å². The largest absolute Gasteiger partial charge is 0.318 e. The second kappa shape index (κ2) is 13.3. The molecule has 4 rings (SSSR count). The van der Waals surface area contributed by atoms with Crippen molar-refractivity contribution < 1.29 is 14.5 Å². The van der Waals surface area contributed by atoms with Gasteiger partial charge in [0.15, 0.2) is 0 Å². The smallest absolute Gasteiger partial charge is 0.269 e. The first-order chi connectivity index (χ1) is 18.5. The van der Waals surface area contributed by atoms with Crippen LogP contribution in [0, 0.1) is 16.0 Å². The number of carbonyl (C=O) groups is 2. The lowest BCUT2D eigenvalue weighted by molar-refractivity contribution is -0.384. The minimum atomic E-state index is -0.688. The van der Waals surface area contributed by atoms with Gasteiger partial charge in [0.2, 0.25) is 5.91 Å². The van der Waals surface area contributed by atoms with E-state index in [-0.39, 0.29) is 23.5 Å². The molecule has 0 aromatic heterocycles. The number of unbranched alkanes of at least 4 members (excludes halogenated alkanes) is 8. The van der Waals surface area contributed by atoms with Crippen LogP contribution in [0.1, 0.15) is 71.1 Å². The van der Waals surface area contributed by atoms with Gasteiger partial charge in [-0.15, -0.1) is 0 Å². The number of hydrogen-bond donors (Lipinski definition) is 1. The minimum absolute atomic E-state index is 0.000541. The predicted octanol–water partition coefficient (Wildman–Crippen LogP) is 6.64. The Morgan fingerprint density at radius 1 is 0.816 bits per heavy atom. The summed E-state index contributed by atoms with van der Waals surface area (Å²) in [6, 6.07) is 14.4. The molecule has 1 N–H and O–H groups in total. The quantitative estimate of drug-likeness (QED) is 0.0990. The van der Waals surface area contributed by atoms with Crippen molar-refractivity contribution in [3.63, 3.8) is 0 Å². The molecule has 202 valence electrons. The Bertz CT molecular complexity index is 1120. The van der Waals surface area contributed by atoms with Gasteiger partial charge in [0.25, 0.3) is 11.6 Å². The fourth-order valence-electron chi connectivity index (χ4n) is 5.40. The first-order valence-electron chi connectivity index (χ1n) is 13.9. The average Bonchev–Trinajstić information content (AvgIpc) is 3.19. The highest BCUT2D eigenvalue weighted by atomic mass is 16.6. The Labute approximate surface area is 224 Å². The van der Waals surface area contributed by atoms with Gasteiger partial charge in [-0.25, -0.2) is 9.91 Å². The van der Waals surface area contributed by atoms with Crippen molar-refractivity contribution in [2.45, 2.75) is 83.2 Å². The summed E-state index contributed by atoms with van der Waals surface area (Å²) in [6.45, 7) is 2.23. The maximum Gasteiger partial charge on any atom is 0.269 e. The molecule has 2 aliphatic heterocycles. The van der Waals surface area contributed by atoms with E-state index in [0.717, 1.165) is 19.3 Å². The van der Waals surface area contributed by atoms with Crippen molar-refractivity contribution in [1.29, 1.82) is 0 Å². The van der Waals surface area contributed by atoms with Gasteiger partial charge in [0, 0.05) is 23.9 Å². The molecule has 8 nitrogen and oxygen atoms in total. The lowest BCUT2D eigenvalue weighted by atomic mass is 9.92. The van der Waals surface area contributed by atoms with E-state index >= 15 is 0 Å². The van der Waals surface area contributed by atoms with Crippen LogP contribution in [0.5, 0.6) is 0 Å². The number of nitrogens with zero attached hydrogens (tertiary/aromatic N) is 3. The number of nitrogens with one attached hydrogen (secondary N) is 1. The number of anilines is 2. The molecule has 3 atom stereocenters. The van der Waals surface area contributed by atoms with Gasteiger partial charge < -0.3 is 5.43 Å². The van der Waals surface area contributed by atoms with Crippen LogP contribution in [-0.2, 0) is 9.59 Å². The highest BCUT2D eigenvalue weighted by Crippen LogP contribution is 2.36. The van der Waals surface area contributed by atoms with Crippen LogP contribution in [0.2, 0.25) is 0 Å². The van der Waals surface area contributed by atoms with E-state index < -0.39 is 16.9 Å². The van der Waals surface area contributed by atoms with Gasteiger partial charge in [0.1, 0.15) is 6.04 Å². The minimum Gasteiger partial charge on any atom is -0.318 e. The van der Waals surface area contributed by atoms with Crippen LogP contribution in [0.3, 0.4) is 0 Å². The summed E-state index contributed by atoms with van der Waals surface area (Å²) < 4.78 is 0. The standard InChI is InChI=1S/C30H38N4O4/c1-2-3-4-5-6-7-8-9-11-16-25-21-22-27-28(30(36)32(29(27)35)24-14-12-10-13-15-24)33(25)31-23-17-19-26(20-18-23)34(37)38/h10,12-15,17-22,25,27-28,31H,2-9,11,16H2,1H3/t25-,27+,28-/m0/s1. The van der Waals surface area contributed by atoms with Gasteiger partial charge in [0.05, 0.1) is 16.5 Å². The van der Waals surface area contributed by atoms with Gasteiger partial charge in [-0.3, -0.25) is 19.7 Å². The molecule has 0 spiro atoms. The number of benzene rings is 2. The SMILES string of the molecule is CCCCCCCCCCC[C@H]1C=C[C@H]2C(=O)N(c3ccccc3)C(=O)[C@H]2N1Nc1ccc([N+](=O)[O-])cc1. The monoisotopic (exact) mass is 518 g/mol. The van der Waals surface area contributed by atoms with E-state index in [4.69, 9.17) is 0 Å². The summed E-state index contributed by atoms with van der Waals surface area (Å²) in [4.78, 5) is 38.9. The Balaban J connectivity index is 1.46. The second-order valence-corrected chi connectivity index (χ2v) is 10.2. The molecule has 38 heavy (non-hydrogen) atoms. The number of carbonyl (C=O) groups excluding carboxylic acids is 2. The van der Waals surface area contributed by atoms with Crippen molar-refractivity contribution in [2.24, 2.45) is 5.92 Å². The Hall–Kier alpha value is -3.52. The molecule has 2 amide bonds. The first-order valence-corrected chi connectivity index (χ1v) is 13.9. The third kappa shape index (κ3) is 6.48. The van der Waals surface area contributed by atoms with Crippen molar-refractivity contribution in [3.8, 4) is 0 Å². The van der Waals surface area contributed by atoms with Crippen molar-refractivity contribution in [3.05, 3.63) is 76.9 Å². The van der Waals surface area contributed by atoms with Crippen molar-refractivity contribution >= 4 is 28.9 Å². The summed E-state index contributed by atoms with van der Waals surface area (Å²) >= 11 is 0. The molecule has 2 aliphatic rings. The molecular weight excluding hydrogens is 480 g/mol. The van der Waals surface area contributed by atoms with Gasteiger partial charge in [-0.05, 0) is 30.7 Å². The molecule has 2 aromatic rings. The zero-order valence-electron chi connectivity index (χ0n) is 22.1. The van der Waals surface area contributed by atoms with E-state index in [1.807, 2.05) is 35.4 Å². The molecule has 0 radical (unpaired) electrons. The maximum atomic E-state index is 13.7. The van der Waals surface area contributed by atoms with Crippen molar-refractivity contribution in [1.82, 2.24) is 5.01 Å². The Morgan fingerprint density at radius 3 is 2.08 bits per heavy atom. The number of amides is 2. The third-order valence-electron chi connectivity index (χ3n) is 7.47. The van der Waals surface area contributed by atoms with E-state index in [2.05, 4.69) is 12.3 Å². The molecule has 1 fully saturated rings. The van der Waals surface area contributed by atoms with Crippen LogP contribution < -0.4 is 10.3 Å². The average molecular weight is 519 g/mol. The zero-order valence-corrected chi connectivity index (χ0v) is 22.1. The van der Waals surface area contributed by atoms with E-state index in [1.165, 1.54) is 62.0 Å². The number of nitro groups is 1. The molecule has 8 heteroatoms. The lowest BCUT2D eigenvalue weighted by Gasteiger charge is -2.38. The number of non-ortho nitro benzene ring substituents is 1. The van der Waals surface area contributed by atoms with Crippen LogP contribution in [0.25, 0.3) is 0 Å². The molecule has 0 unspecified atom stereocenters. The fourth-order valence-corrected chi connectivity index (χ4v) is 5.40. The molecule has 2 aromatic carbocycles. The van der Waals surface area contributed by atoms with Gasteiger partial charge >= 0.3 is 0 Å². The van der Waals surface area contributed by atoms with Crippen LogP contribution in [0.15, 0.2) is 66.7 Å². The second-order valence-electron chi connectivity index (χ2n) is 10.2. The molecule has 2 heterocycles. The molecule has 0 bridgehead atoms. The number of para-hydroxylation sites is 1. The van der Waals surface area contributed by atoms with Crippen LogP contribution >= 0.6 is 0 Å². The number of nitro benzene ring substituents is 1. The molecular formula is C30H38N4O4. The molecule has 0 aliphatic carbocycles. The maximum absolute atomic E-state index is 13.7. The molecule has 1 saturated heterocycles. The van der Waals surface area contributed by atoms with E-state index in [0.29, 0.717) is 11.4 Å². The van der Waals surface area contributed by atoms with E-state index in [9.17, 15) is 19.7 Å². The van der Waals surface area contributed by atoms with E-state index in [1.54, 1.807) is 24.3 Å². The number of hydrogen-bond acceptors (Lipinski definition) is 6. The summed E-state index contributed by atoms with van der Waals surface area (Å²) in [5.74, 6) is -1.09. The topological polar surface area (TPSA) is 95.8 Å². The van der Waals surface area contributed by atoms with Crippen LogP contribution in [0.4, 0.5) is 17.1 Å². The van der Waals surface area contributed by atoms with Crippen molar-refractivity contribution in [2.75, 3.05) is 10.3 Å². The number of fused-ring (bicyclic) bond motifs is 1. The predicted molar refractivity (Wildman–Crippen MR) is 150 cm³/mol. The highest BCUT2D eigenvalue weighted by molar-refractivity contribution is 6.24. The zero-order chi connectivity index (χ0) is 26.9. The van der Waals surface area contributed by atoms with Gasteiger partial charge in [-0.1, -0.05) is 95.1 Å². The highest BCUT2D eigenvalue weighted by Gasteiger charge is 2.53. The number of hydrazine groups is 1. The van der Waals surface area contributed by atoms with Crippen LogP contribution in [-0.4, -0.2) is 33.8 Å². The number of imide groups is 1. The Kier molecular flexibility index (Phi) is 9.65. The summed E-state index contributed by atoms with van der Waals surface area (Å²) in [7, 11) is 0. The summed E-state index contributed by atoms with van der Waals surface area (Å²) in [5, 5.41) is 13.0. The normalized spacial score (nSPS) is 21.1.